The molecule has 4 aliphatic rings. The molecule has 0 radical (unpaired) electrons. The first-order valence-electron chi connectivity index (χ1n) is 23.3. The predicted molar refractivity (Wildman–Crippen MR) is 271 cm³/mol. The van der Waals surface area contributed by atoms with Gasteiger partial charge in [0.1, 0.15) is 29.8 Å². The minimum absolute atomic E-state index is 0.0170. The zero-order chi connectivity index (χ0) is 54.0. The summed E-state index contributed by atoms with van der Waals surface area (Å²) < 4.78 is 62.6. The summed E-state index contributed by atoms with van der Waals surface area (Å²) in [5.41, 5.74) is 4.07. The van der Waals surface area contributed by atoms with Crippen molar-refractivity contribution >= 4 is 57.8 Å². The van der Waals surface area contributed by atoms with Gasteiger partial charge in [0.2, 0.25) is 5.36 Å². The van der Waals surface area contributed by atoms with Gasteiger partial charge in [-0.2, -0.15) is 8.62 Å². The van der Waals surface area contributed by atoms with E-state index in [1.807, 2.05) is 12.1 Å². The van der Waals surface area contributed by atoms with Crippen LogP contribution in [0.2, 0.25) is 0 Å². The van der Waals surface area contributed by atoms with Crippen LogP contribution in [-0.4, -0.2) is 89.5 Å². The highest BCUT2D eigenvalue weighted by molar-refractivity contribution is 7.66. The van der Waals surface area contributed by atoms with Crippen LogP contribution < -0.4 is 41.4 Å². The highest BCUT2D eigenvalue weighted by Gasteiger charge is 2.42. The number of carbonyl (C=O) groups is 2. The van der Waals surface area contributed by atoms with E-state index < -0.39 is 65.5 Å². The minimum Gasteiger partial charge on any atom is -0.478 e. The number of allylic oxidation sites excluding steroid dienone is 2. The molecule has 1 aromatic heterocycles. The molecule has 1 saturated heterocycles. The number of hydrogen-bond donors (Lipinski definition) is 7. The summed E-state index contributed by atoms with van der Waals surface area (Å²) in [5.74, 6) is 4.43. The number of aromatic carboxylic acids is 1. The van der Waals surface area contributed by atoms with E-state index >= 15 is 0 Å². The molecule has 1 fully saturated rings. The van der Waals surface area contributed by atoms with Gasteiger partial charge in [-0.3, -0.25) is 23.7 Å². The lowest BCUT2D eigenvalue weighted by atomic mass is 9.83. The van der Waals surface area contributed by atoms with Crippen LogP contribution in [0.25, 0.3) is 16.7 Å². The first-order valence-corrected chi connectivity index (χ1v) is 27.8. The Balaban J connectivity index is 1.06. The molecule has 392 valence electrons. The van der Waals surface area contributed by atoms with Gasteiger partial charge >= 0.3 is 35.1 Å². The quantitative estimate of drug-likeness (QED) is 0.0431. The van der Waals surface area contributed by atoms with Gasteiger partial charge in [0.25, 0.3) is 11.5 Å². The van der Waals surface area contributed by atoms with Crippen molar-refractivity contribution in [3.05, 3.63) is 131 Å². The summed E-state index contributed by atoms with van der Waals surface area (Å²) in [4.78, 5) is 93.6. The molecule has 0 saturated carbocycles. The molecule has 4 atom stereocenters. The molecular formula is C49H55N5O17P3+. The molecule has 4 aromatic rings. The lowest BCUT2D eigenvalue weighted by molar-refractivity contribution is -0.0243. The number of aromatic nitrogens is 2. The Bertz CT molecular complexity index is 3600. The van der Waals surface area contributed by atoms with Crippen molar-refractivity contribution < 1.29 is 70.6 Å². The maximum atomic E-state index is 13.7. The average Bonchev–Trinajstić information content (AvgIpc) is 3.76. The smallest absolute Gasteiger partial charge is 0.478 e. The topological polar surface area (TPSA) is 306 Å². The number of hydrogen-bond acceptors (Lipinski definition) is 13. The molecule has 74 heavy (non-hydrogen) atoms. The predicted octanol–water partition coefficient (Wildman–Crippen LogP) is 5.12. The number of phosphoric ester groups is 1. The maximum absolute atomic E-state index is 13.7. The van der Waals surface area contributed by atoms with Gasteiger partial charge in [0, 0.05) is 71.4 Å². The molecule has 4 aliphatic heterocycles. The first-order chi connectivity index (χ1) is 34.5. The molecule has 0 bridgehead atoms. The number of carboxylic acids is 1. The van der Waals surface area contributed by atoms with Crippen LogP contribution in [0.5, 0.6) is 11.5 Å². The van der Waals surface area contributed by atoms with Gasteiger partial charge in [-0.1, -0.05) is 24.0 Å². The third-order valence-corrected chi connectivity index (χ3v) is 16.9. The fraction of sp³-hybridized carbons (Fsp3) is 0.367. The standard InChI is InChI=1S/C49H54N5O17P3/c1-9-53-38-21-40-36(19-33(38)27(3)23-48(53,5)6)43(37-20-34-28(4)24-49(7,8)54(10-2)39(34)22-41(37)69-40)32-15-13-29(18-35(32)46(57)58)44(55)50-17-11-12-30-25-52(47(59)51-45(30)56)42-16-14-31(68-42)26-67-73(63,64)71-74(65,66)70-72(60,61)62/h13,15,18-25,31,42H,9-10,14,16-17,26H2,1-8H3,(H6-,50,51,55,56,57,58,59,60,61,62,63,64,65,66)/p+1/t31-,42+/m0/s1. The maximum Gasteiger partial charge on any atom is 0.490 e. The summed E-state index contributed by atoms with van der Waals surface area (Å²) in [6, 6.07) is 12.6. The van der Waals surface area contributed by atoms with Gasteiger partial charge in [-0.05, 0) is 101 Å². The number of ether oxygens (including phenoxy) is 2. The van der Waals surface area contributed by atoms with E-state index in [4.69, 9.17) is 19.3 Å². The number of likely N-dealkylation sites (N-methyl/N-ethyl adjacent to an activating group) is 2. The summed E-state index contributed by atoms with van der Waals surface area (Å²) in [6.07, 6.45) is 3.68. The summed E-state index contributed by atoms with van der Waals surface area (Å²) in [7, 11) is -16.8. The Kier molecular flexibility index (Phi) is 14.6. The minimum atomic E-state index is -5.74. The van der Waals surface area contributed by atoms with Crippen molar-refractivity contribution in [2.75, 3.05) is 31.1 Å². The molecule has 8 rings (SSSR count). The fourth-order valence-corrected chi connectivity index (χ4v) is 13.3. The van der Waals surface area contributed by atoms with Crippen LogP contribution in [0.4, 0.5) is 5.69 Å². The van der Waals surface area contributed by atoms with E-state index in [0.29, 0.717) is 33.4 Å². The van der Waals surface area contributed by atoms with E-state index in [9.17, 15) is 47.8 Å². The van der Waals surface area contributed by atoms with Crippen molar-refractivity contribution in [3.8, 4) is 23.3 Å². The average molecular weight is 1080 g/mol. The highest BCUT2D eigenvalue weighted by atomic mass is 31.3. The number of aromatic amines is 1. The lowest BCUT2D eigenvalue weighted by Crippen LogP contribution is -2.49. The van der Waals surface area contributed by atoms with E-state index in [-0.39, 0.29) is 47.2 Å². The fourth-order valence-electron chi connectivity index (χ4n) is 10.2. The molecule has 7 N–H and O–H groups in total. The Morgan fingerprint density at radius 2 is 1.61 bits per heavy atom. The van der Waals surface area contributed by atoms with E-state index in [0.717, 1.165) is 57.2 Å². The van der Waals surface area contributed by atoms with Crippen LogP contribution >= 0.6 is 23.5 Å². The van der Waals surface area contributed by atoms with Crippen molar-refractivity contribution in [2.45, 2.75) is 91.6 Å². The molecule has 0 aliphatic carbocycles. The molecule has 3 aromatic carbocycles. The molecular weight excluding hydrogens is 1020 g/mol. The normalized spacial score (nSPS) is 20.0. The van der Waals surface area contributed by atoms with Crippen molar-refractivity contribution in [3.63, 3.8) is 0 Å². The Labute approximate surface area is 423 Å². The van der Waals surface area contributed by atoms with E-state index in [1.165, 1.54) is 12.1 Å². The number of anilines is 1. The zero-order valence-corrected chi connectivity index (χ0v) is 44.2. The highest BCUT2D eigenvalue weighted by Crippen LogP contribution is 2.66. The number of amides is 1. The molecule has 25 heteroatoms. The van der Waals surface area contributed by atoms with E-state index in [1.54, 1.807) is 6.07 Å². The SMILES string of the molecule is CCN1c2cc3c(cc2C(C)=CC1(C)C)C(c1ccc(C(=O)NCC#Cc2cn([C@H]4CC[C@@H](COP(=O)(O)OP(=O)(O)OP(=O)(O)O)O4)c(=O)[nH]c2=O)cc1C(=O)O)=c1cc2c(cc1O3)=[N+](CC)C(C)(C)C=C2C. The van der Waals surface area contributed by atoms with Crippen LogP contribution in [0.1, 0.15) is 123 Å². The number of nitrogens with one attached hydrogen (secondary N) is 2. The second-order valence-corrected chi connectivity index (χ2v) is 23.5. The number of nitrogens with zero attached hydrogens (tertiary/aromatic N) is 3. The third-order valence-electron chi connectivity index (χ3n) is 13.1. The van der Waals surface area contributed by atoms with Gasteiger partial charge in [0.05, 0.1) is 36.4 Å². The third kappa shape index (κ3) is 11.0. The number of benzene rings is 3. The Morgan fingerprint density at radius 3 is 2.28 bits per heavy atom. The monoisotopic (exact) mass is 1080 g/mol. The molecule has 5 heterocycles. The van der Waals surface area contributed by atoms with Gasteiger partial charge in [0.15, 0.2) is 5.54 Å². The summed E-state index contributed by atoms with van der Waals surface area (Å²) >= 11 is 0. The lowest BCUT2D eigenvalue weighted by Gasteiger charge is -2.43. The molecule has 1 amide bonds. The Morgan fingerprint density at radius 1 is 0.892 bits per heavy atom. The van der Waals surface area contributed by atoms with Gasteiger partial charge < -0.3 is 44.4 Å². The number of carboxylic acid groups (broad SMARTS) is 1. The molecule has 2 unspecified atom stereocenters. The first kappa shape index (κ1) is 54.2. The van der Waals surface area contributed by atoms with Gasteiger partial charge in [-0.15, -0.1) is 0 Å². The van der Waals surface area contributed by atoms with Crippen LogP contribution in [0.3, 0.4) is 0 Å². The number of fused-ring (bicyclic) bond motifs is 4. The number of carbonyl (C=O) groups excluding carboxylic acids is 1. The largest absolute Gasteiger partial charge is 0.490 e. The number of rotatable bonds is 14. The Hall–Kier alpha value is -6.04. The number of phosphoric acid groups is 3. The number of H-pyrrole nitrogens is 1. The van der Waals surface area contributed by atoms with Crippen LogP contribution in [0, 0.1) is 11.8 Å². The zero-order valence-electron chi connectivity index (χ0n) is 41.5. The van der Waals surface area contributed by atoms with E-state index in [2.05, 4.69) is 124 Å². The van der Waals surface area contributed by atoms with Crippen LogP contribution in [0.15, 0.2) is 70.4 Å². The summed E-state index contributed by atoms with van der Waals surface area (Å²) in [6.45, 7) is 17.3. The second-order valence-electron chi connectivity index (χ2n) is 19.1. The second kappa shape index (κ2) is 19.9. The van der Waals surface area contributed by atoms with Crippen molar-refractivity contribution in [1.29, 1.82) is 0 Å². The molecule has 22 nitrogen and oxygen atoms in total. The summed E-state index contributed by atoms with van der Waals surface area (Å²) in [5, 5.41) is 15.2. The van der Waals surface area contributed by atoms with Crippen molar-refractivity contribution in [2.24, 2.45) is 0 Å². The van der Waals surface area contributed by atoms with Gasteiger partial charge in [-0.25, -0.2) is 27.9 Å². The van der Waals surface area contributed by atoms with Crippen molar-refractivity contribution in [1.82, 2.24) is 19.4 Å². The van der Waals surface area contributed by atoms with Crippen LogP contribution in [-0.2, 0) is 31.6 Å². The molecule has 0 spiro atoms.